The van der Waals surface area contributed by atoms with Gasteiger partial charge in [-0.2, -0.15) is 0 Å². The second kappa shape index (κ2) is 7.40. The van der Waals surface area contributed by atoms with Gasteiger partial charge in [0, 0.05) is 23.6 Å². The summed E-state index contributed by atoms with van der Waals surface area (Å²) in [6.07, 6.45) is 2.34. The first-order chi connectivity index (χ1) is 12.0. The van der Waals surface area contributed by atoms with Gasteiger partial charge in [0.25, 0.3) is 0 Å². The fourth-order valence-electron chi connectivity index (χ4n) is 2.96. The molecule has 7 heteroatoms. The Morgan fingerprint density at radius 3 is 3.00 bits per heavy atom. The number of hydrogen-bond acceptors (Lipinski definition) is 5. The number of carbonyl (C=O) groups is 1. The number of hydrogen-bond donors (Lipinski definition) is 3. The molecule has 25 heavy (non-hydrogen) atoms. The van der Waals surface area contributed by atoms with E-state index in [1.165, 1.54) is 11.1 Å². The lowest BCUT2D eigenvalue weighted by atomic mass is 10.0. The van der Waals surface area contributed by atoms with Crippen LogP contribution < -0.4 is 10.5 Å². The Balaban J connectivity index is 1.64. The lowest BCUT2D eigenvalue weighted by Crippen LogP contribution is -2.42. The van der Waals surface area contributed by atoms with E-state index in [1.807, 2.05) is 12.1 Å². The molecule has 1 aromatic carbocycles. The van der Waals surface area contributed by atoms with Crippen LogP contribution >= 0.6 is 0 Å². The second-order valence-corrected chi connectivity index (χ2v) is 6.14. The van der Waals surface area contributed by atoms with Crippen LogP contribution in [0.25, 0.3) is 0 Å². The zero-order valence-electron chi connectivity index (χ0n) is 13.7. The molecule has 0 saturated carbocycles. The van der Waals surface area contributed by atoms with Crippen molar-refractivity contribution in [1.82, 2.24) is 9.88 Å². The van der Waals surface area contributed by atoms with Crippen molar-refractivity contribution < 1.29 is 19.7 Å². The van der Waals surface area contributed by atoms with Crippen LogP contribution in [0.3, 0.4) is 0 Å². The molecule has 1 amide bonds. The number of anilines is 1. The predicted molar refractivity (Wildman–Crippen MR) is 92.4 cm³/mol. The molecule has 2 aromatic rings. The summed E-state index contributed by atoms with van der Waals surface area (Å²) in [5.41, 5.74) is 8.08. The van der Waals surface area contributed by atoms with E-state index in [0.29, 0.717) is 17.7 Å². The number of amides is 1. The van der Waals surface area contributed by atoms with Gasteiger partial charge >= 0.3 is 6.09 Å². The van der Waals surface area contributed by atoms with Gasteiger partial charge in [-0.1, -0.05) is 6.07 Å². The number of aryl methyl sites for hydroxylation is 1. The summed E-state index contributed by atoms with van der Waals surface area (Å²) in [4.78, 5) is 16.7. The minimum Gasteiger partial charge on any atom is -0.488 e. The van der Waals surface area contributed by atoms with E-state index in [2.05, 4.69) is 4.98 Å². The molecule has 0 radical (unpaired) electrons. The molecular weight excluding hydrogens is 322 g/mol. The highest BCUT2D eigenvalue weighted by Crippen LogP contribution is 2.29. The molecule has 2 heterocycles. The Morgan fingerprint density at radius 1 is 1.44 bits per heavy atom. The smallest absolute Gasteiger partial charge is 0.407 e. The quantitative estimate of drug-likeness (QED) is 0.717. The first-order valence-electron chi connectivity index (χ1n) is 8.14. The number of ether oxygens (including phenoxy) is 1. The molecule has 0 unspecified atom stereocenters. The van der Waals surface area contributed by atoms with Crippen LogP contribution in [0.2, 0.25) is 0 Å². The number of fused-ring (bicyclic) bond motifs is 1. The van der Waals surface area contributed by atoms with Crippen LogP contribution in [0, 0.1) is 0 Å². The maximum absolute atomic E-state index is 11.6. The lowest BCUT2D eigenvalue weighted by Gasteiger charge is -2.31. The highest BCUT2D eigenvalue weighted by Gasteiger charge is 2.26. The number of nitrogens with zero attached hydrogens (tertiary/aromatic N) is 2. The van der Waals surface area contributed by atoms with Crippen molar-refractivity contribution in [2.24, 2.45) is 0 Å². The van der Waals surface area contributed by atoms with Crippen LogP contribution in [0.4, 0.5) is 10.5 Å². The average molecular weight is 343 g/mol. The van der Waals surface area contributed by atoms with Crippen molar-refractivity contribution in [1.29, 1.82) is 0 Å². The SMILES string of the molecule is Nc1ccc2c(c1)CC[C@H](CN(C[C@@H](O)c1cccnc1)C(=O)O)O2. The Labute approximate surface area is 145 Å². The van der Waals surface area contributed by atoms with Crippen molar-refractivity contribution in [3.63, 3.8) is 0 Å². The van der Waals surface area contributed by atoms with Gasteiger partial charge < -0.3 is 25.6 Å². The van der Waals surface area contributed by atoms with Crippen LogP contribution in [0.5, 0.6) is 5.75 Å². The third-order valence-corrected chi connectivity index (χ3v) is 4.27. The fourth-order valence-corrected chi connectivity index (χ4v) is 2.96. The van der Waals surface area contributed by atoms with E-state index >= 15 is 0 Å². The number of aliphatic hydroxyl groups excluding tert-OH is 1. The topological polar surface area (TPSA) is 109 Å². The van der Waals surface area contributed by atoms with Gasteiger partial charge in [0.05, 0.1) is 19.2 Å². The molecule has 2 atom stereocenters. The Bertz CT molecular complexity index is 738. The van der Waals surface area contributed by atoms with Crippen molar-refractivity contribution in [3.8, 4) is 5.75 Å². The molecule has 4 N–H and O–H groups in total. The third-order valence-electron chi connectivity index (χ3n) is 4.27. The van der Waals surface area contributed by atoms with Crippen LogP contribution in [0.1, 0.15) is 23.7 Å². The summed E-state index contributed by atoms with van der Waals surface area (Å²) in [6.45, 7) is 0.159. The number of aliphatic hydroxyl groups is 1. The zero-order chi connectivity index (χ0) is 17.8. The molecule has 1 aromatic heterocycles. The number of rotatable bonds is 5. The van der Waals surface area contributed by atoms with Gasteiger partial charge in [-0.15, -0.1) is 0 Å². The number of aromatic nitrogens is 1. The number of nitrogen functional groups attached to an aromatic ring is 1. The van der Waals surface area contributed by atoms with Crippen molar-refractivity contribution in [3.05, 3.63) is 53.9 Å². The molecule has 0 bridgehead atoms. The van der Waals surface area contributed by atoms with Gasteiger partial charge in [0.1, 0.15) is 11.9 Å². The lowest BCUT2D eigenvalue weighted by molar-refractivity contribution is 0.0656. The van der Waals surface area contributed by atoms with Gasteiger partial charge in [-0.3, -0.25) is 4.98 Å². The summed E-state index contributed by atoms with van der Waals surface area (Å²) < 4.78 is 5.90. The first kappa shape index (κ1) is 17.0. The van der Waals surface area contributed by atoms with Gasteiger partial charge in [-0.25, -0.2) is 4.79 Å². The molecular formula is C18H21N3O4. The van der Waals surface area contributed by atoms with Crippen molar-refractivity contribution in [2.75, 3.05) is 18.8 Å². The predicted octanol–water partition coefficient (Wildman–Crippen LogP) is 2.07. The normalized spacial score (nSPS) is 17.2. The second-order valence-electron chi connectivity index (χ2n) is 6.14. The monoisotopic (exact) mass is 343 g/mol. The summed E-state index contributed by atoms with van der Waals surface area (Å²) in [5, 5.41) is 19.7. The highest BCUT2D eigenvalue weighted by atomic mass is 16.5. The minimum absolute atomic E-state index is 0.0323. The largest absolute Gasteiger partial charge is 0.488 e. The van der Waals surface area contributed by atoms with Gasteiger partial charge in [0.15, 0.2) is 0 Å². The molecule has 3 rings (SSSR count). The van der Waals surface area contributed by atoms with Crippen molar-refractivity contribution >= 4 is 11.8 Å². The maximum Gasteiger partial charge on any atom is 0.407 e. The van der Waals surface area contributed by atoms with Crippen LogP contribution in [-0.2, 0) is 6.42 Å². The Morgan fingerprint density at radius 2 is 2.28 bits per heavy atom. The Kier molecular flexibility index (Phi) is 5.04. The molecule has 1 aliphatic heterocycles. The standard InChI is InChI=1S/C18H21N3O4/c19-14-4-6-17-12(8-14)3-5-15(25-17)10-21(18(23)24)11-16(22)13-2-1-7-20-9-13/h1-2,4,6-9,15-16,22H,3,5,10-11,19H2,(H,23,24)/t15-,16-/m1/s1. The van der Waals surface area contributed by atoms with E-state index in [0.717, 1.165) is 17.7 Å². The number of benzene rings is 1. The fraction of sp³-hybridized carbons (Fsp3) is 0.333. The third kappa shape index (κ3) is 4.19. The molecule has 0 fully saturated rings. The van der Waals surface area contributed by atoms with E-state index < -0.39 is 12.2 Å². The molecule has 1 aliphatic rings. The average Bonchev–Trinajstić information content (AvgIpc) is 2.61. The van der Waals surface area contributed by atoms with Crippen LogP contribution in [0.15, 0.2) is 42.7 Å². The van der Waals surface area contributed by atoms with Gasteiger partial charge in [-0.05, 0) is 42.7 Å². The van der Waals surface area contributed by atoms with Crippen LogP contribution in [-0.4, -0.2) is 45.4 Å². The van der Waals surface area contributed by atoms with E-state index in [1.54, 1.807) is 24.4 Å². The molecule has 7 nitrogen and oxygen atoms in total. The number of pyridine rings is 1. The summed E-state index contributed by atoms with van der Waals surface area (Å²) in [6, 6.07) is 8.88. The Hall–Kier alpha value is -2.80. The molecule has 0 spiro atoms. The summed E-state index contributed by atoms with van der Waals surface area (Å²) >= 11 is 0. The van der Waals surface area contributed by atoms with Crippen molar-refractivity contribution in [2.45, 2.75) is 25.0 Å². The van der Waals surface area contributed by atoms with E-state index in [9.17, 15) is 15.0 Å². The number of carboxylic acid groups (broad SMARTS) is 1. The minimum atomic E-state index is -1.09. The summed E-state index contributed by atoms with van der Waals surface area (Å²) in [7, 11) is 0. The summed E-state index contributed by atoms with van der Waals surface area (Å²) in [5.74, 6) is 0.739. The van der Waals surface area contributed by atoms with Gasteiger partial charge in [0.2, 0.25) is 0 Å². The highest BCUT2D eigenvalue weighted by molar-refractivity contribution is 5.65. The molecule has 132 valence electrons. The number of nitrogens with two attached hydrogens (primary N) is 1. The zero-order valence-corrected chi connectivity index (χ0v) is 13.7. The van der Waals surface area contributed by atoms with E-state index in [4.69, 9.17) is 10.5 Å². The maximum atomic E-state index is 11.6. The molecule has 0 aliphatic carbocycles. The first-order valence-corrected chi connectivity index (χ1v) is 8.14. The molecule has 0 saturated heterocycles. The van der Waals surface area contributed by atoms with E-state index in [-0.39, 0.29) is 19.2 Å².